The summed E-state index contributed by atoms with van der Waals surface area (Å²) in [6.45, 7) is 5.90. The molecule has 1 unspecified atom stereocenters. The number of halogens is 1. The van der Waals surface area contributed by atoms with Gasteiger partial charge in [0.2, 0.25) is 0 Å². The molecule has 0 aliphatic carbocycles. The van der Waals surface area contributed by atoms with Crippen molar-refractivity contribution >= 4 is 5.91 Å². The standard InChI is InChI=1S/C25H27FN4O2/c1-18-3-2-14-29(16-18)17-20-6-4-19(5-7-20)15-27-25(32)23-12-13-24(31)30(28-23)22-10-8-21(26)9-11-22/h4-13,18H,2-3,14-17H2,1H3,(H,27,32). The predicted molar refractivity (Wildman–Crippen MR) is 121 cm³/mol. The number of hydrogen-bond donors (Lipinski definition) is 1. The summed E-state index contributed by atoms with van der Waals surface area (Å²) in [7, 11) is 0. The molecule has 0 bridgehead atoms. The summed E-state index contributed by atoms with van der Waals surface area (Å²) >= 11 is 0. The van der Waals surface area contributed by atoms with Gasteiger partial charge in [0.1, 0.15) is 11.5 Å². The summed E-state index contributed by atoms with van der Waals surface area (Å²) < 4.78 is 14.2. The molecule has 32 heavy (non-hydrogen) atoms. The zero-order valence-corrected chi connectivity index (χ0v) is 18.1. The summed E-state index contributed by atoms with van der Waals surface area (Å²) in [5, 5.41) is 6.98. The number of carbonyl (C=O) groups is 1. The highest BCUT2D eigenvalue weighted by atomic mass is 19.1. The molecule has 3 aromatic rings. The van der Waals surface area contributed by atoms with E-state index >= 15 is 0 Å². The number of benzene rings is 2. The molecule has 1 saturated heterocycles. The lowest BCUT2D eigenvalue weighted by Crippen LogP contribution is -2.33. The van der Waals surface area contributed by atoms with Gasteiger partial charge in [-0.1, -0.05) is 31.2 Å². The molecule has 1 aromatic heterocycles. The quantitative estimate of drug-likeness (QED) is 0.645. The first-order valence-electron chi connectivity index (χ1n) is 10.9. The third kappa shape index (κ3) is 5.48. The number of hydrogen-bond acceptors (Lipinski definition) is 4. The Kier molecular flexibility index (Phi) is 6.75. The van der Waals surface area contributed by atoms with E-state index in [1.54, 1.807) is 0 Å². The number of piperidine rings is 1. The lowest BCUT2D eigenvalue weighted by molar-refractivity contribution is 0.0944. The number of rotatable bonds is 6. The average molecular weight is 435 g/mol. The molecule has 0 radical (unpaired) electrons. The van der Waals surface area contributed by atoms with Gasteiger partial charge in [0.05, 0.1) is 5.69 Å². The number of aromatic nitrogens is 2. The Morgan fingerprint density at radius 3 is 2.50 bits per heavy atom. The highest BCUT2D eigenvalue weighted by Crippen LogP contribution is 2.18. The second-order valence-corrected chi connectivity index (χ2v) is 8.43. The predicted octanol–water partition coefficient (Wildman–Crippen LogP) is 3.53. The normalized spacial score (nSPS) is 16.6. The number of nitrogens with one attached hydrogen (secondary N) is 1. The molecule has 1 amide bonds. The minimum atomic E-state index is -0.410. The summed E-state index contributed by atoms with van der Waals surface area (Å²) in [6.07, 6.45) is 2.57. The van der Waals surface area contributed by atoms with E-state index < -0.39 is 11.4 Å². The molecule has 4 rings (SSSR count). The van der Waals surface area contributed by atoms with Crippen LogP contribution in [0.25, 0.3) is 5.69 Å². The van der Waals surface area contributed by atoms with E-state index in [1.807, 2.05) is 12.1 Å². The lowest BCUT2D eigenvalue weighted by Gasteiger charge is -2.30. The van der Waals surface area contributed by atoms with Crippen molar-refractivity contribution < 1.29 is 9.18 Å². The molecule has 0 saturated carbocycles. The Hall–Kier alpha value is -3.32. The SMILES string of the molecule is CC1CCCN(Cc2ccc(CNC(=O)c3ccc(=O)n(-c4ccc(F)cc4)n3)cc2)C1. The Morgan fingerprint density at radius 2 is 1.78 bits per heavy atom. The van der Waals surface area contributed by atoms with Gasteiger partial charge in [0.25, 0.3) is 11.5 Å². The van der Waals surface area contributed by atoms with Crippen LogP contribution in [-0.2, 0) is 13.1 Å². The van der Waals surface area contributed by atoms with Crippen molar-refractivity contribution in [1.82, 2.24) is 20.0 Å². The number of nitrogens with zero attached hydrogens (tertiary/aromatic N) is 3. The van der Waals surface area contributed by atoms with E-state index in [1.165, 1.54) is 54.8 Å². The lowest BCUT2D eigenvalue weighted by atomic mass is 9.99. The zero-order valence-electron chi connectivity index (χ0n) is 18.1. The molecule has 2 heterocycles. The Balaban J connectivity index is 1.37. The third-order valence-corrected chi connectivity index (χ3v) is 5.73. The van der Waals surface area contributed by atoms with Crippen LogP contribution in [0.2, 0.25) is 0 Å². The molecule has 0 spiro atoms. The minimum absolute atomic E-state index is 0.116. The van der Waals surface area contributed by atoms with Crippen molar-refractivity contribution in [2.45, 2.75) is 32.9 Å². The first-order chi connectivity index (χ1) is 15.5. The molecule has 1 fully saturated rings. The van der Waals surface area contributed by atoms with Crippen molar-refractivity contribution in [2.75, 3.05) is 13.1 Å². The molecular formula is C25H27FN4O2. The first-order valence-corrected chi connectivity index (χ1v) is 10.9. The van der Waals surface area contributed by atoms with E-state index in [2.05, 4.69) is 34.4 Å². The largest absolute Gasteiger partial charge is 0.347 e. The summed E-state index contributed by atoms with van der Waals surface area (Å²) in [4.78, 5) is 27.2. The van der Waals surface area contributed by atoms with Crippen LogP contribution in [0.15, 0.2) is 65.5 Å². The maximum Gasteiger partial charge on any atom is 0.272 e. The number of carbonyl (C=O) groups excluding carboxylic acids is 1. The molecule has 2 aromatic carbocycles. The monoisotopic (exact) mass is 434 g/mol. The topological polar surface area (TPSA) is 67.2 Å². The second kappa shape index (κ2) is 9.87. The fourth-order valence-corrected chi connectivity index (χ4v) is 4.02. The van der Waals surface area contributed by atoms with E-state index in [-0.39, 0.29) is 11.6 Å². The Morgan fingerprint density at radius 1 is 1.06 bits per heavy atom. The fourth-order valence-electron chi connectivity index (χ4n) is 4.02. The molecule has 1 N–H and O–H groups in total. The maximum absolute atomic E-state index is 13.2. The molecule has 7 heteroatoms. The molecule has 1 atom stereocenters. The minimum Gasteiger partial charge on any atom is -0.347 e. The van der Waals surface area contributed by atoms with Crippen LogP contribution in [0.1, 0.15) is 41.4 Å². The summed E-state index contributed by atoms with van der Waals surface area (Å²) in [5.41, 5.74) is 2.37. The van der Waals surface area contributed by atoms with Gasteiger partial charge in [0.15, 0.2) is 0 Å². The second-order valence-electron chi connectivity index (χ2n) is 8.43. The van der Waals surface area contributed by atoms with Gasteiger partial charge in [-0.05, 0) is 66.8 Å². The zero-order chi connectivity index (χ0) is 22.5. The Bertz CT molecular complexity index is 1130. The van der Waals surface area contributed by atoms with Gasteiger partial charge >= 0.3 is 0 Å². The Labute approximate surface area is 186 Å². The van der Waals surface area contributed by atoms with Gasteiger partial charge in [-0.3, -0.25) is 14.5 Å². The third-order valence-electron chi connectivity index (χ3n) is 5.73. The van der Waals surface area contributed by atoms with Crippen molar-refractivity contribution in [3.8, 4) is 5.69 Å². The summed E-state index contributed by atoms with van der Waals surface area (Å²) in [5.74, 6) is -0.0382. The van der Waals surface area contributed by atoms with Crippen molar-refractivity contribution in [1.29, 1.82) is 0 Å². The van der Waals surface area contributed by atoms with E-state index in [9.17, 15) is 14.0 Å². The van der Waals surface area contributed by atoms with Gasteiger partial charge < -0.3 is 5.32 Å². The van der Waals surface area contributed by atoms with Crippen LogP contribution in [0, 0.1) is 11.7 Å². The van der Waals surface area contributed by atoms with Crippen LogP contribution in [0.5, 0.6) is 0 Å². The first kappa shape index (κ1) is 21.9. The molecule has 1 aliphatic heterocycles. The van der Waals surface area contributed by atoms with Crippen LogP contribution < -0.4 is 10.9 Å². The van der Waals surface area contributed by atoms with Crippen LogP contribution in [-0.4, -0.2) is 33.7 Å². The van der Waals surface area contributed by atoms with Gasteiger partial charge in [0, 0.05) is 25.7 Å². The smallest absolute Gasteiger partial charge is 0.272 e. The molecule has 6 nitrogen and oxygen atoms in total. The number of amides is 1. The highest BCUT2D eigenvalue weighted by Gasteiger charge is 2.16. The molecule has 1 aliphatic rings. The van der Waals surface area contributed by atoms with Crippen LogP contribution in [0.3, 0.4) is 0 Å². The van der Waals surface area contributed by atoms with Crippen LogP contribution >= 0.6 is 0 Å². The van der Waals surface area contributed by atoms with Crippen molar-refractivity contribution in [3.05, 3.63) is 93.7 Å². The maximum atomic E-state index is 13.2. The van der Waals surface area contributed by atoms with Gasteiger partial charge in [-0.2, -0.15) is 9.78 Å². The van der Waals surface area contributed by atoms with Crippen LogP contribution in [0.4, 0.5) is 4.39 Å². The van der Waals surface area contributed by atoms with E-state index in [4.69, 9.17) is 0 Å². The fraction of sp³-hybridized carbons (Fsp3) is 0.320. The van der Waals surface area contributed by atoms with E-state index in [0.717, 1.165) is 35.8 Å². The average Bonchev–Trinajstić information content (AvgIpc) is 2.79. The molecular weight excluding hydrogens is 407 g/mol. The van der Waals surface area contributed by atoms with Gasteiger partial charge in [-0.25, -0.2) is 4.39 Å². The van der Waals surface area contributed by atoms with Crippen molar-refractivity contribution in [2.24, 2.45) is 5.92 Å². The highest BCUT2D eigenvalue weighted by molar-refractivity contribution is 5.92. The number of likely N-dealkylation sites (tertiary alicyclic amines) is 1. The molecule has 166 valence electrons. The van der Waals surface area contributed by atoms with Crippen molar-refractivity contribution in [3.63, 3.8) is 0 Å². The van der Waals surface area contributed by atoms with E-state index in [0.29, 0.717) is 12.2 Å². The van der Waals surface area contributed by atoms with Gasteiger partial charge in [-0.15, -0.1) is 0 Å². The summed E-state index contributed by atoms with van der Waals surface area (Å²) in [6, 6.07) is 16.3.